The molecule has 8 nitrogen and oxygen atoms in total. The molecule has 0 aliphatic rings. The number of carbonyl (C=O) groups is 2. The van der Waals surface area contributed by atoms with E-state index in [1.54, 1.807) is 60.0 Å². The minimum absolute atomic E-state index is 0.0704. The van der Waals surface area contributed by atoms with Gasteiger partial charge in [0.2, 0.25) is 5.91 Å². The first-order chi connectivity index (χ1) is 15.4. The molecule has 0 saturated carbocycles. The number of sulfonamides is 1. The predicted molar refractivity (Wildman–Crippen MR) is 125 cm³/mol. The smallest absolute Gasteiger partial charge is 0.271 e. The van der Waals surface area contributed by atoms with E-state index in [-0.39, 0.29) is 29.1 Å². The van der Waals surface area contributed by atoms with Crippen molar-refractivity contribution < 1.29 is 22.7 Å². The van der Waals surface area contributed by atoms with Crippen LogP contribution in [0.5, 0.6) is 5.75 Å². The van der Waals surface area contributed by atoms with Gasteiger partial charge in [-0.2, -0.15) is 0 Å². The summed E-state index contributed by atoms with van der Waals surface area (Å²) in [6.45, 7) is 2.30. The van der Waals surface area contributed by atoms with E-state index < -0.39 is 10.0 Å². The van der Waals surface area contributed by atoms with E-state index in [9.17, 15) is 18.0 Å². The fraction of sp³-hybridized carbons (Fsp3) is 0.182. The highest BCUT2D eigenvalue weighted by molar-refractivity contribution is 7.94. The summed E-state index contributed by atoms with van der Waals surface area (Å²) in [5, 5.41) is 7.13. The van der Waals surface area contributed by atoms with Crippen molar-refractivity contribution in [2.45, 2.75) is 17.6 Å². The summed E-state index contributed by atoms with van der Waals surface area (Å²) in [5.41, 5.74) is 1.76. The van der Waals surface area contributed by atoms with E-state index in [4.69, 9.17) is 4.74 Å². The summed E-state index contributed by atoms with van der Waals surface area (Å²) in [4.78, 5) is 23.7. The molecule has 0 atom stereocenters. The molecule has 1 heterocycles. The molecular weight excluding hydrogens is 450 g/mol. The van der Waals surface area contributed by atoms with Gasteiger partial charge in [-0.1, -0.05) is 18.2 Å². The molecule has 0 unspecified atom stereocenters. The molecule has 2 aromatic carbocycles. The van der Waals surface area contributed by atoms with E-state index in [1.807, 2.05) is 6.92 Å². The first-order valence-corrected chi connectivity index (χ1v) is 12.2. The van der Waals surface area contributed by atoms with E-state index in [2.05, 4.69) is 15.4 Å². The third-order valence-corrected chi connectivity index (χ3v) is 6.99. The summed E-state index contributed by atoms with van der Waals surface area (Å²) in [5.74, 6) is 0.109. The Kier molecular flexibility index (Phi) is 7.85. The molecule has 0 bridgehead atoms. The average Bonchev–Trinajstić information content (AvgIpc) is 3.31. The topological polar surface area (TPSA) is 114 Å². The van der Waals surface area contributed by atoms with Crippen molar-refractivity contribution >= 4 is 44.5 Å². The van der Waals surface area contributed by atoms with Crippen molar-refractivity contribution in [3.05, 3.63) is 71.6 Å². The summed E-state index contributed by atoms with van der Waals surface area (Å²) in [7, 11) is -3.61. The van der Waals surface area contributed by atoms with Crippen LogP contribution in [0.4, 0.5) is 11.4 Å². The molecule has 0 fully saturated rings. The number of benzene rings is 2. The Morgan fingerprint density at radius 3 is 2.25 bits per heavy atom. The lowest BCUT2D eigenvalue weighted by atomic mass is 10.1. The molecule has 3 aromatic rings. The standard InChI is InChI=1S/C22H23N3O5S2/c1-2-23-21(27)15-30-19-11-9-17(10-12-19)24-20(26)14-16-5-7-18(8-6-16)25-32(28,29)22-4-3-13-31-22/h3-13,25H,2,14-15H2,1H3,(H,23,27)(H,24,26). The Hall–Kier alpha value is -3.37. The molecule has 0 spiro atoms. The SMILES string of the molecule is CCNC(=O)COc1ccc(NC(=O)Cc2ccc(NS(=O)(=O)c3cccs3)cc2)cc1. The first-order valence-electron chi connectivity index (χ1n) is 9.80. The van der Waals surface area contributed by atoms with Crippen LogP contribution in [0, 0.1) is 0 Å². The molecule has 0 aliphatic carbocycles. The third kappa shape index (κ3) is 6.82. The Morgan fingerprint density at radius 1 is 0.938 bits per heavy atom. The number of rotatable bonds is 10. The van der Waals surface area contributed by atoms with Crippen molar-refractivity contribution in [3.8, 4) is 5.75 Å². The zero-order valence-electron chi connectivity index (χ0n) is 17.3. The van der Waals surface area contributed by atoms with Crippen molar-refractivity contribution in [2.24, 2.45) is 0 Å². The summed E-state index contributed by atoms with van der Waals surface area (Å²) in [6.07, 6.45) is 0.132. The molecule has 2 amide bonds. The second kappa shape index (κ2) is 10.8. The van der Waals surface area contributed by atoms with Gasteiger partial charge in [-0.25, -0.2) is 8.42 Å². The Bertz CT molecular complexity index is 1140. The maximum absolute atomic E-state index is 12.3. The lowest BCUT2D eigenvalue weighted by molar-refractivity contribution is -0.123. The maximum Gasteiger partial charge on any atom is 0.271 e. The van der Waals surface area contributed by atoms with Gasteiger partial charge in [-0.15, -0.1) is 11.3 Å². The average molecular weight is 474 g/mol. The van der Waals surface area contributed by atoms with Gasteiger partial charge in [0, 0.05) is 17.9 Å². The largest absolute Gasteiger partial charge is 0.484 e. The number of nitrogens with one attached hydrogen (secondary N) is 3. The van der Waals surface area contributed by atoms with Crippen LogP contribution in [-0.4, -0.2) is 33.4 Å². The number of carbonyl (C=O) groups excluding carboxylic acids is 2. The van der Waals surface area contributed by atoms with Gasteiger partial charge in [-0.3, -0.25) is 14.3 Å². The van der Waals surface area contributed by atoms with Crippen LogP contribution in [0.3, 0.4) is 0 Å². The van der Waals surface area contributed by atoms with Crippen LogP contribution < -0.4 is 20.1 Å². The lowest BCUT2D eigenvalue weighted by Gasteiger charge is -2.09. The number of thiophene rings is 1. The Labute approximate surface area is 190 Å². The van der Waals surface area contributed by atoms with Gasteiger partial charge in [0.25, 0.3) is 15.9 Å². The molecule has 0 radical (unpaired) electrons. The number of amides is 2. The predicted octanol–water partition coefficient (Wildman–Crippen LogP) is 3.25. The van der Waals surface area contributed by atoms with Gasteiger partial charge in [0.1, 0.15) is 9.96 Å². The highest BCUT2D eigenvalue weighted by Gasteiger charge is 2.15. The second-order valence-corrected chi connectivity index (χ2v) is 9.58. The number of anilines is 2. The van der Waals surface area contributed by atoms with E-state index in [0.29, 0.717) is 23.7 Å². The minimum Gasteiger partial charge on any atom is -0.484 e. The number of ether oxygens (including phenoxy) is 1. The maximum atomic E-state index is 12.3. The molecule has 1 aromatic heterocycles. The highest BCUT2D eigenvalue weighted by atomic mass is 32.2. The van der Waals surface area contributed by atoms with Gasteiger partial charge >= 0.3 is 0 Å². The molecule has 3 rings (SSSR count). The van der Waals surface area contributed by atoms with Crippen LogP contribution in [0.1, 0.15) is 12.5 Å². The van der Waals surface area contributed by atoms with Crippen LogP contribution in [0.2, 0.25) is 0 Å². The summed E-state index contributed by atoms with van der Waals surface area (Å²) in [6, 6.07) is 16.6. The van der Waals surface area contributed by atoms with Crippen LogP contribution in [0.15, 0.2) is 70.3 Å². The molecular formula is C22H23N3O5S2. The number of hydrogen-bond acceptors (Lipinski definition) is 6. The molecule has 3 N–H and O–H groups in total. The molecule has 32 heavy (non-hydrogen) atoms. The van der Waals surface area contributed by atoms with Gasteiger partial charge in [0.05, 0.1) is 6.42 Å². The molecule has 10 heteroatoms. The quantitative estimate of drug-likeness (QED) is 0.418. The summed E-state index contributed by atoms with van der Waals surface area (Å²) >= 11 is 1.14. The molecule has 0 aliphatic heterocycles. The molecule has 0 saturated heterocycles. The van der Waals surface area contributed by atoms with Gasteiger partial charge in [-0.05, 0) is 60.3 Å². The van der Waals surface area contributed by atoms with Gasteiger partial charge in [0.15, 0.2) is 6.61 Å². The van der Waals surface area contributed by atoms with Crippen LogP contribution >= 0.6 is 11.3 Å². The van der Waals surface area contributed by atoms with Crippen molar-refractivity contribution in [3.63, 3.8) is 0 Å². The van der Waals surface area contributed by atoms with Gasteiger partial charge < -0.3 is 15.4 Å². The monoisotopic (exact) mass is 473 g/mol. The lowest BCUT2D eigenvalue weighted by Crippen LogP contribution is -2.28. The first kappa shape index (κ1) is 23.3. The minimum atomic E-state index is -3.61. The third-order valence-electron chi connectivity index (χ3n) is 4.21. The van der Waals surface area contributed by atoms with Crippen molar-refractivity contribution in [1.29, 1.82) is 0 Å². The Balaban J connectivity index is 1.50. The second-order valence-electron chi connectivity index (χ2n) is 6.73. The fourth-order valence-electron chi connectivity index (χ4n) is 2.73. The zero-order chi connectivity index (χ0) is 23.0. The number of likely N-dealkylation sites (N-methyl/N-ethyl adjacent to an activating group) is 1. The van der Waals surface area contributed by atoms with E-state index >= 15 is 0 Å². The van der Waals surface area contributed by atoms with Crippen LogP contribution in [-0.2, 0) is 26.0 Å². The van der Waals surface area contributed by atoms with E-state index in [1.165, 1.54) is 6.07 Å². The normalized spacial score (nSPS) is 10.9. The fourth-order valence-corrected chi connectivity index (χ4v) is 4.79. The molecule has 168 valence electrons. The summed E-state index contributed by atoms with van der Waals surface area (Å²) < 4.78 is 32.7. The van der Waals surface area contributed by atoms with E-state index in [0.717, 1.165) is 16.9 Å². The number of hydrogen-bond donors (Lipinski definition) is 3. The Morgan fingerprint density at radius 2 is 1.62 bits per heavy atom. The van der Waals surface area contributed by atoms with Crippen LogP contribution in [0.25, 0.3) is 0 Å². The highest BCUT2D eigenvalue weighted by Crippen LogP contribution is 2.21. The zero-order valence-corrected chi connectivity index (χ0v) is 19.0. The van der Waals surface area contributed by atoms with Crippen molar-refractivity contribution in [2.75, 3.05) is 23.2 Å². The van der Waals surface area contributed by atoms with Crippen molar-refractivity contribution in [1.82, 2.24) is 5.32 Å².